The molecule has 0 aromatic heterocycles. The largest absolute Gasteiger partial charge is 0.349 e. The Morgan fingerprint density at radius 3 is 2.78 bits per heavy atom. The number of halogens is 2. The molecule has 98 valence electrons. The van der Waals surface area contributed by atoms with Crippen molar-refractivity contribution in [1.29, 1.82) is 0 Å². The molecule has 1 atom stereocenters. The normalized spacial score (nSPS) is 16.4. The molecule has 1 amide bonds. The summed E-state index contributed by atoms with van der Waals surface area (Å²) in [6.45, 7) is 2.13. The van der Waals surface area contributed by atoms with E-state index in [1.165, 1.54) is 12.8 Å². The van der Waals surface area contributed by atoms with E-state index in [0.29, 0.717) is 11.6 Å². The number of carbonyl (C=O) groups excluding carboxylic acids is 1. The Hall–Kier alpha value is -0.350. The van der Waals surface area contributed by atoms with Gasteiger partial charge in [-0.15, -0.1) is 0 Å². The van der Waals surface area contributed by atoms with Crippen LogP contribution in [0.25, 0.3) is 0 Å². The van der Waals surface area contributed by atoms with Gasteiger partial charge in [0.15, 0.2) is 0 Å². The van der Waals surface area contributed by atoms with E-state index in [-0.39, 0.29) is 5.91 Å². The molecule has 2 rings (SSSR count). The number of amides is 1. The summed E-state index contributed by atoms with van der Waals surface area (Å²) in [5.41, 5.74) is 0.693. The van der Waals surface area contributed by atoms with Crippen LogP contribution in [0.2, 0.25) is 0 Å². The van der Waals surface area contributed by atoms with E-state index < -0.39 is 0 Å². The summed E-state index contributed by atoms with van der Waals surface area (Å²) in [5.74, 6) is 0.844. The van der Waals surface area contributed by atoms with Gasteiger partial charge in [-0.05, 0) is 52.9 Å². The van der Waals surface area contributed by atoms with Crippen LogP contribution in [0, 0.1) is 5.92 Å². The average molecular weight is 375 g/mol. The summed E-state index contributed by atoms with van der Waals surface area (Å²) >= 11 is 6.82. The maximum Gasteiger partial charge on any atom is 0.252 e. The standard InChI is InChI=1S/C14H17Br2NO/c1-2-11(7-9-3-4-9)17-14(18)12-8-10(15)5-6-13(12)16/h5-6,8-9,11H,2-4,7H2,1H3,(H,17,18). The number of benzene rings is 1. The molecule has 0 radical (unpaired) electrons. The number of rotatable bonds is 5. The van der Waals surface area contributed by atoms with Crippen LogP contribution in [-0.2, 0) is 0 Å². The summed E-state index contributed by atoms with van der Waals surface area (Å²) in [6.07, 6.45) is 4.77. The molecule has 4 heteroatoms. The van der Waals surface area contributed by atoms with Gasteiger partial charge in [-0.2, -0.15) is 0 Å². The van der Waals surface area contributed by atoms with Crippen molar-refractivity contribution in [2.75, 3.05) is 0 Å². The van der Waals surface area contributed by atoms with Gasteiger partial charge in [-0.1, -0.05) is 35.7 Å². The Balaban J connectivity index is 2.02. The van der Waals surface area contributed by atoms with Crippen LogP contribution in [0.1, 0.15) is 43.0 Å². The Kier molecular flexibility index (Phi) is 4.84. The van der Waals surface area contributed by atoms with Gasteiger partial charge >= 0.3 is 0 Å². The molecule has 1 aromatic rings. The Bertz CT molecular complexity index is 443. The minimum Gasteiger partial charge on any atom is -0.349 e. The lowest BCUT2D eigenvalue weighted by Crippen LogP contribution is -2.34. The molecular weight excluding hydrogens is 358 g/mol. The number of hydrogen-bond acceptors (Lipinski definition) is 1. The van der Waals surface area contributed by atoms with Gasteiger partial charge in [0.1, 0.15) is 0 Å². The Morgan fingerprint density at radius 2 is 2.17 bits per heavy atom. The van der Waals surface area contributed by atoms with Crippen LogP contribution >= 0.6 is 31.9 Å². The predicted octanol–water partition coefficient (Wildman–Crippen LogP) is 4.52. The molecule has 18 heavy (non-hydrogen) atoms. The fourth-order valence-electron chi connectivity index (χ4n) is 2.02. The maximum absolute atomic E-state index is 12.2. The van der Waals surface area contributed by atoms with Crippen molar-refractivity contribution < 1.29 is 4.79 Å². The van der Waals surface area contributed by atoms with Gasteiger partial charge in [0.25, 0.3) is 5.91 Å². The number of nitrogens with one attached hydrogen (secondary N) is 1. The molecule has 1 fully saturated rings. The zero-order valence-corrected chi connectivity index (χ0v) is 13.6. The highest BCUT2D eigenvalue weighted by Gasteiger charge is 2.26. The van der Waals surface area contributed by atoms with Crippen molar-refractivity contribution >= 4 is 37.8 Å². The number of carbonyl (C=O) groups is 1. The van der Waals surface area contributed by atoms with Crippen LogP contribution in [0.4, 0.5) is 0 Å². The molecule has 0 saturated heterocycles. The maximum atomic E-state index is 12.2. The van der Waals surface area contributed by atoms with Gasteiger partial charge in [0.2, 0.25) is 0 Å². The van der Waals surface area contributed by atoms with Crippen LogP contribution in [0.5, 0.6) is 0 Å². The molecular formula is C14H17Br2NO. The van der Waals surface area contributed by atoms with Gasteiger partial charge in [-0.3, -0.25) is 4.79 Å². The van der Waals surface area contributed by atoms with Crippen LogP contribution < -0.4 is 5.32 Å². The first kappa shape index (κ1) is 14.1. The van der Waals surface area contributed by atoms with Crippen LogP contribution in [-0.4, -0.2) is 11.9 Å². The fourth-order valence-corrected chi connectivity index (χ4v) is 2.81. The van der Waals surface area contributed by atoms with E-state index in [1.54, 1.807) is 0 Å². The van der Waals surface area contributed by atoms with Crippen molar-refractivity contribution in [2.45, 2.75) is 38.6 Å². The summed E-state index contributed by atoms with van der Waals surface area (Å²) in [4.78, 5) is 12.2. The predicted molar refractivity (Wildman–Crippen MR) is 80.7 cm³/mol. The topological polar surface area (TPSA) is 29.1 Å². The lowest BCUT2D eigenvalue weighted by molar-refractivity contribution is 0.0932. The van der Waals surface area contributed by atoms with E-state index in [9.17, 15) is 4.79 Å². The third-order valence-electron chi connectivity index (χ3n) is 3.32. The minimum absolute atomic E-state index is 0.00988. The van der Waals surface area contributed by atoms with Gasteiger partial charge < -0.3 is 5.32 Å². The van der Waals surface area contributed by atoms with Crippen molar-refractivity contribution in [3.8, 4) is 0 Å². The highest BCUT2D eigenvalue weighted by atomic mass is 79.9. The third-order valence-corrected chi connectivity index (χ3v) is 4.50. The Labute approximate surface area is 125 Å². The van der Waals surface area contributed by atoms with Crippen molar-refractivity contribution in [1.82, 2.24) is 5.32 Å². The van der Waals surface area contributed by atoms with Gasteiger partial charge in [0.05, 0.1) is 5.56 Å². The lowest BCUT2D eigenvalue weighted by Gasteiger charge is -2.17. The average Bonchev–Trinajstić information content (AvgIpc) is 3.15. The smallest absolute Gasteiger partial charge is 0.252 e. The molecule has 1 saturated carbocycles. The highest BCUT2D eigenvalue weighted by molar-refractivity contribution is 9.11. The summed E-state index contributed by atoms with van der Waals surface area (Å²) in [5, 5.41) is 3.13. The van der Waals surface area contributed by atoms with Crippen LogP contribution in [0.3, 0.4) is 0 Å². The second-order valence-electron chi connectivity index (χ2n) is 4.88. The first-order chi connectivity index (χ1) is 8.60. The zero-order chi connectivity index (χ0) is 13.1. The Morgan fingerprint density at radius 1 is 1.44 bits per heavy atom. The van der Waals surface area contributed by atoms with Crippen molar-refractivity contribution in [3.05, 3.63) is 32.7 Å². The quantitative estimate of drug-likeness (QED) is 0.806. The number of hydrogen-bond donors (Lipinski definition) is 1. The van der Waals surface area contributed by atoms with E-state index in [2.05, 4.69) is 44.1 Å². The van der Waals surface area contributed by atoms with Gasteiger partial charge in [0, 0.05) is 15.0 Å². The minimum atomic E-state index is 0.00988. The summed E-state index contributed by atoms with van der Waals surface area (Å²) < 4.78 is 1.76. The third kappa shape index (κ3) is 3.82. The molecule has 1 aliphatic carbocycles. The summed E-state index contributed by atoms with van der Waals surface area (Å²) in [7, 11) is 0. The highest BCUT2D eigenvalue weighted by Crippen LogP contribution is 2.34. The van der Waals surface area contributed by atoms with Crippen molar-refractivity contribution in [2.24, 2.45) is 5.92 Å². The van der Waals surface area contributed by atoms with Crippen LogP contribution in [0.15, 0.2) is 27.1 Å². The first-order valence-electron chi connectivity index (χ1n) is 6.36. The monoisotopic (exact) mass is 373 g/mol. The van der Waals surface area contributed by atoms with E-state index >= 15 is 0 Å². The second-order valence-corrected chi connectivity index (χ2v) is 6.65. The lowest BCUT2D eigenvalue weighted by atomic mass is 10.1. The molecule has 0 aliphatic heterocycles. The van der Waals surface area contributed by atoms with Crippen molar-refractivity contribution in [3.63, 3.8) is 0 Å². The molecule has 1 N–H and O–H groups in total. The second kappa shape index (κ2) is 6.20. The molecule has 0 heterocycles. The van der Waals surface area contributed by atoms with E-state index in [1.807, 2.05) is 18.2 Å². The SMILES string of the molecule is CCC(CC1CC1)NC(=O)c1cc(Br)ccc1Br. The van der Waals surface area contributed by atoms with Gasteiger partial charge in [-0.25, -0.2) is 0 Å². The molecule has 2 nitrogen and oxygen atoms in total. The molecule has 1 aromatic carbocycles. The zero-order valence-electron chi connectivity index (χ0n) is 10.4. The molecule has 1 unspecified atom stereocenters. The fraction of sp³-hybridized carbons (Fsp3) is 0.500. The van der Waals surface area contributed by atoms with E-state index in [0.717, 1.165) is 27.7 Å². The van der Waals surface area contributed by atoms with E-state index in [4.69, 9.17) is 0 Å². The first-order valence-corrected chi connectivity index (χ1v) is 7.94. The summed E-state index contributed by atoms with van der Waals surface area (Å²) in [6, 6.07) is 5.96. The molecule has 1 aliphatic rings. The molecule has 0 spiro atoms. The molecule has 0 bridgehead atoms.